The quantitative estimate of drug-likeness (QED) is 0.246. The molecular weight excluding hydrogens is 470 g/mol. The minimum absolute atomic E-state index is 0.0380. The van der Waals surface area contributed by atoms with Crippen LogP contribution in [0.2, 0.25) is 0 Å². The molecule has 2 rings (SSSR count). The normalized spacial score (nSPS) is 11.6. The van der Waals surface area contributed by atoms with E-state index in [1.165, 1.54) is 4.90 Å². The molecule has 0 saturated carbocycles. The van der Waals surface area contributed by atoms with Crippen LogP contribution in [0.5, 0.6) is 5.75 Å². The third-order valence-electron chi connectivity index (χ3n) is 4.85. The Hall–Kier alpha value is -3.71. The van der Waals surface area contributed by atoms with E-state index in [4.69, 9.17) is 4.74 Å². The van der Waals surface area contributed by atoms with Crippen LogP contribution in [0.25, 0.3) is 0 Å². The van der Waals surface area contributed by atoms with E-state index in [1.54, 1.807) is 43.3 Å². The van der Waals surface area contributed by atoms with Gasteiger partial charge in [0.25, 0.3) is 0 Å². The second-order valence-electron chi connectivity index (χ2n) is 8.64. The van der Waals surface area contributed by atoms with Crippen molar-refractivity contribution >= 4 is 29.9 Å². The summed E-state index contributed by atoms with van der Waals surface area (Å²) in [7, 11) is 3.14. The largest absolute Gasteiger partial charge is 0.480 e. The highest BCUT2D eigenvalue weighted by Gasteiger charge is 2.21. The van der Waals surface area contributed by atoms with Gasteiger partial charge in [-0.3, -0.25) is 0 Å². The second kappa shape index (κ2) is 14.0. The molecule has 5 N–H and O–H groups in total. The molecule has 13 nitrogen and oxygen atoms in total. The molecule has 36 heavy (non-hydrogen) atoms. The van der Waals surface area contributed by atoms with Gasteiger partial charge in [-0.05, 0) is 23.6 Å². The fourth-order valence-corrected chi connectivity index (χ4v) is 2.98. The molecule has 0 fully saturated rings. The number of carboxylic acid groups (broad SMARTS) is 1. The van der Waals surface area contributed by atoms with E-state index in [2.05, 4.69) is 25.6 Å². The Morgan fingerprint density at radius 2 is 1.61 bits per heavy atom. The Morgan fingerprint density at radius 1 is 1.00 bits per heavy atom. The van der Waals surface area contributed by atoms with E-state index < -0.39 is 18.1 Å². The number of carboxylic acids is 1. The summed E-state index contributed by atoms with van der Waals surface area (Å²) in [6.45, 7) is 4.62. The first-order valence-electron chi connectivity index (χ1n) is 11.6. The molecule has 0 aliphatic carbocycles. The monoisotopic (exact) mass is 505 g/mol. The molecule has 1 atom stereocenters. The highest BCUT2D eigenvalue weighted by Crippen LogP contribution is 2.18. The summed E-state index contributed by atoms with van der Waals surface area (Å²) in [5.74, 6) is 0.00853. The summed E-state index contributed by atoms with van der Waals surface area (Å²) in [5, 5.41) is 34.5. The van der Waals surface area contributed by atoms with Gasteiger partial charge in [0.05, 0.1) is 13.2 Å². The molecule has 2 aromatic rings. The Balaban J connectivity index is 2.25. The van der Waals surface area contributed by atoms with Crippen molar-refractivity contribution < 1.29 is 29.6 Å². The second-order valence-corrected chi connectivity index (χ2v) is 8.64. The number of amides is 1. The van der Waals surface area contributed by atoms with Crippen molar-refractivity contribution in [2.24, 2.45) is 5.92 Å². The van der Waals surface area contributed by atoms with Gasteiger partial charge in [-0.2, -0.15) is 15.0 Å². The van der Waals surface area contributed by atoms with Crippen LogP contribution in [0, 0.1) is 5.92 Å². The summed E-state index contributed by atoms with van der Waals surface area (Å²) in [5.41, 5.74) is 0.689. The molecule has 0 saturated heterocycles. The smallest absolute Gasteiger partial charge is 0.414 e. The Labute approximate surface area is 210 Å². The van der Waals surface area contributed by atoms with Crippen molar-refractivity contribution in [3.8, 4) is 5.75 Å². The van der Waals surface area contributed by atoms with Gasteiger partial charge in [-0.1, -0.05) is 26.0 Å². The number of hydrogen-bond donors (Lipinski definition) is 5. The van der Waals surface area contributed by atoms with Gasteiger partial charge in [-0.15, -0.1) is 0 Å². The predicted molar refractivity (Wildman–Crippen MR) is 134 cm³/mol. The van der Waals surface area contributed by atoms with E-state index in [1.807, 2.05) is 13.8 Å². The third kappa shape index (κ3) is 9.15. The molecule has 1 aromatic carbocycles. The molecule has 0 spiro atoms. The number of aliphatic hydroxyl groups excluding tert-OH is 2. The first kappa shape index (κ1) is 28.5. The lowest BCUT2D eigenvalue weighted by molar-refractivity contribution is -0.137. The number of carbonyl (C=O) groups is 2. The van der Waals surface area contributed by atoms with Crippen molar-refractivity contribution in [3.63, 3.8) is 0 Å². The van der Waals surface area contributed by atoms with Gasteiger partial charge in [0.15, 0.2) is 0 Å². The number of rotatable bonds is 14. The van der Waals surface area contributed by atoms with Crippen LogP contribution in [0.3, 0.4) is 0 Å². The number of aliphatic carboxylic acids is 1. The Morgan fingerprint density at radius 3 is 2.14 bits per heavy atom. The van der Waals surface area contributed by atoms with E-state index >= 15 is 0 Å². The van der Waals surface area contributed by atoms with Crippen LogP contribution in [0.15, 0.2) is 24.3 Å². The third-order valence-corrected chi connectivity index (χ3v) is 4.85. The fraction of sp³-hybridized carbons (Fsp3) is 0.522. The lowest BCUT2D eigenvalue weighted by atomic mass is 10.1. The van der Waals surface area contributed by atoms with Crippen LogP contribution in [-0.2, 0) is 11.2 Å². The van der Waals surface area contributed by atoms with Gasteiger partial charge in [0, 0.05) is 40.2 Å². The summed E-state index contributed by atoms with van der Waals surface area (Å²) >= 11 is 0. The van der Waals surface area contributed by atoms with Crippen LogP contribution in [0.1, 0.15) is 19.4 Å². The molecule has 0 aliphatic rings. The van der Waals surface area contributed by atoms with Crippen molar-refractivity contribution in [1.29, 1.82) is 0 Å². The molecule has 0 bridgehead atoms. The van der Waals surface area contributed by atoms with Crippen LogP contribution < -0.4 is 20.3 Å². The molecular formula is C23H35N7O6. The van der Waals surface area contributed by atoms with E-state index in [0.29, 0.717) is 23.8 Å². The first-order valence-corrected chi connectivity index (χ1v) is 11.6. The maximum atomic E-state index is 12.0. The lowest BCUT2D eigenvalue weighted by Crippen LogP contribution is -2.34. The maximum Gasteiger partial charge on any atom is 0.414 e. The van der Waals surface area contributed by atoms with E-state index in [9.17, 15) is 24.9 Å². The number of carbonyl (C=O) groups excluding carboxylic acids is 1. The number of benzene rings is 1. The Kier molecular flexibility index (Phi) is 11.1. The number of nitrogens with zero attached hydrogens (tertiary/aromatic N) is 5. The van der Waals surface area contributed by atoms with Gasteiger partial charge in [0.1, 0.15) is 11.8 Å². The highest BCUT2D eigenvalue weighted by atomic mass is 16.6. The van der Waals surface area contributed by atoms with Crippen molar-refractivity contribution in [2.45, 2.75) is 26.3 Å². The van der Waals surface area contributed by atoms with Crippen LogP contribution in [0.4, 0.5) is 22.6 Å². The Bertz CT molecular complexity index is 981. The molecule has 1 amide bonds. The molecule has 13 heteroatoms. The first-order chi connectivity index (χ1) is 17.1. The summed E-state index contributed by atoms with van der Waals surface area (Å²) < 4.78 is 5.19. The fourth-order valence-electron chi connectivity index (χ4n) is 2.98. The van der Waals surface area contributed by atoms with Crippen molar-refractivity contribution in [2.75, 3.05) is 62.5 Å². The van der Waals surface area contributed by atoms with Gasteiger partial charge < -0.3 is 40.5 Å². The molecule has 0 aliphatic heterocycles. The van der Waals surface area contributed by atoms with Gasteiger partial charge in [-0.25, -0.2) is 9.59 Å². The topological polar surface area (TPSA) is 173 Å². The number of nitrogens with one attached hydrogen (secondary N) is 2. The zero-order chi connectivity index (χ0) is 26.7. The molecule has 198 valence electrons. The number of hydrogen-bond acceptors (Lipinski definition) is 11. The number of aliphatic hydroxyl groups is 2. The highest BCUT2D eigenvalue weighted by molar-refractivity contribution is 5.77. The van der Waals surface area contributed by atoms with Crippen molar-refractivity contribution in [3.05, 3.63) is 29.8 Å². The van der Waals surface area contributed by atoms with E-state index in [0.717, 1.165) is 0 Å². The predicted octanol–water partition coefficient (Wildman–Crippen LogP) is 0.899. The zero-order valence-corrected chi connectivity index (χ0v) is 21.0. The number of ether oxygens (including phenoxy) is 1. The number of aromatic nitrogens is 3. The molecule has 1 heterocycles. The van der Waals surface area contributed by atoms with E-state index in [-0.39, 0.29) is 50.6 Å². The van der Waals surface area contributed by atoms with Gasteiger partial charge >= 0.3 is 12.1 Å². The van der Waals surface area contributed by atoms with Crippen LogP contribution in [-0.4, -0.2) is 100 Å². The summed E-state index contributed by atoms with van der Waals surface area (Å²) in [6, 6.07) is 5.46. The van der Waals surface area contributed by atoms with Crippen molar-refractivity contribution in [1.82, 2.24) is 19.9 Å². The molecule has 0 unspecified atom stereocenters. The summed E-state index contributed by atoms with van der Waals surface area (Å²) in [6.07, 6.45) is -0.416. The molecule has 0 radical (unpaired) electrons. The summed E-state index contributed by atoms with van der Waals surface area (Å²) in [4.78, 5) is 39.6. The minimum Gasteiger partial charge on any atom is -0.480 e. The zero-order valence-electron chi connectivity index (χ0n) is 21.0. The standard InChI is InChI=1S/C23H35N7O6/c1-15(2)14-24-20-26-21(28-22(27-20)30(9-11-31)10-12-32)25-18(19(33)34)13-16-5-7-17(8-6-16)36-23(35)29(3)4/h5-8,15,18,31-32H,9-14H2,1-4H3,(H,33,34)(H2,24,25,26,27,28)/t18-/m0/s1. The molecule has 1 aromatic heterocycles. The average molecular weight is 506 g/mol. The lowest BCUT2D eigenvalue weighted by Gasteiger charge is -2.22. The van der Waals surface area contributed by atoms with Gasteiger partial charge in [0.2, 0.25) is 17.8 Å². The van der Waals surface area contributed by atoms with Crippen LogP contribution >= 0.6 is 0 Å². The minimum atomic E-state index is -1.11. The number of anilines is 3. The maximum absolute atomic E-state index is 12.0. The SMILES string of the molecule is CC(C)CNc1nc(N[C@@H](Cc2ccc(OC(=O)N(C)C)cc2)C(=O)O)nc(N(CCO)CCO)n1. The average Bonchev–Trinajstić information content (AvgIpc) is 2.83.